The minimum atomic E-state index is -0.0851. The minimum absolute atomic E-state index is 0.0851. The Labute approximate surface area is 150 Å². The van der Waals surface area contributed by atoms with Crippen molar-refractivity contribution in [1.82, 2.24) is 25.5 Å². The molecule has 0 aliphatic rings. The van der Waals surface area contributed by atoms with Crippen LogP contribution in [-0.4, -0.2) is 20.2 Å². The van der Waals surface area contributed by atoms with Gasteiger partial charge in [0, 0.05) is 23.2 Å². The number of aromatic nitrogens is 4. The zero-order chi connectivity index (χ0) is 17.1. The number of hydrogen-bond donors (Lipinski definition) is 2. The first-order valence-corrected chi connectivity index (χ1v) is 8.36. The van der Waals surface area contributed by atoms with E-state index in [0.29, 0.717) is 11.6 Å². The average Bonchev–Trinajstić information content (AvgIpc) is 3.19. The van der Waals surface area contributed by atoms with E-state index in [4.69, 9.17) is 11.6 Å². The van der Waals surface area contributed by atoms with Gasteiger partial charge in [-0.3, -0.25) is 15.4 Å². The maximum Gasteiger partial charge on any atom is 0.145 e. The molecule has 0 fully saturated rings. The van der Waals surface area contributed by atoms with Crippen LogP contribution in [0.4, 0.5) is 0 Å². The standard InChI is InChI=1S/C19H16ClN5/c20-16-9-8-14(17-15(16)7-4-10-21-17)11-22-18(19-23-12-24-25-19)13-5-2-1-3-6-13/h1-10,12,18,22H,11H2,(H,23,24,25). The van der Waals surface area contributed by atoms with Gasteiger partial charge in [0.25, 0.3) is 0 Å². The summed E-state index contributed by atoms with van der Waals surface area (Å²) in [5.74, 6) is 0.775. The fourth-order valence-corrected chi connectivity index (χ4v) is 3.14. The third kappa shape index (κ3) is 3.24. The van der Waals surface area contributed by atoms with Gasteiger partial charge in [-0.05, 0) is 29.3 Å². The Kier molecular flexibility index (Phi) is 4.41. The van der Waals surface area contributed by atoms with E-state index in [2.05, 4.69) is 37.6 Å². The summed E-state index contributed by atoms with van der Waals surface area (Å²) in [5, 5.41) is 12.2. The smallest absolute Gasteiger partial charge is 0.145 e. The molecule has 1 unspecified atom stereocenters. The second-order valence-corrected chi connectivity index (χ2v) is 6.11. The number of fused-ring (bicyclic) bond motifs is 1. The molecule has 0 spiro atoms. The van der Waals surface area contributed by atoms with E-state index in [0.717, 1.165) is 27.9 Å². The topological polar surface area (TPSA) is 66.5 Å². The summed E-state index contributed by atoms with van der Waals surface area (Å²) in [6.07, 6.45) is 3.31. The summed E-state index contributed by atoms with van der Waals surface area (Å²) in [4.78, 5) is 8.81. The molecular formula is C19H16ClN5. The predicted octanol–water partition coefficient (Wildman–Crippen LogP) is 3.89. The Hall–Kier alpha value is -2.76. The summed E-state index contributed by atoms with van der Waals surface area (Å²) >= 11 is 6.29. The lowest BCUT2D eigenvalue weighted by Gasteiger charge is -2.17. The summed E-state index contributed by atoms with van der Waals surface area (Å²) in [7, 11) is 0. The highest BCUT2D eigenvalue weighted by molar-refractivity contribution is 6.35. The zero-order valence-electron chi connectivity index (χ0n) is 13.4. The Balaban J connectivity index is 1.66. The van der Waals surface area contributed by atoms with Crippen LogP contribution < -0.4 is 5.32 Å². The number of benzene rings is 2. The molecule has 0 aliphatic heterocycles. The third-order valence-electron chi connectivity index (χ3n) is 4.14. The minimum Gasteiger partial charge on any atom is -0.299 e. The molecular weight excluding hydrogens is 334 g/mol. The van der Waals surface area contributed by atoms with Gasteiger partial charge in [0.1, 0.15) is 12.2 Å². The first kappa shape index (κ1) is 15.7. The van der Waals surface area contributed by atoms with E-state index in [1.807, 2.05) is 42.5 Å². The highest BCUT2D eigenvalue weighted by Gasteiger charge is 2.17. The van der Waals surface area contributed by atoms with E-state index < -0.39 is 0 Å². The maximum atomic E-state index is 6.29. The average molecular weight is 350 g/mol. The van der Waals surface area contributed by atoms with Crippen molar-refractivity contribution in [2.75, 3.05) is 0 Å². The molecule has 0 aliphatic carbocycles. The molecule has 2 heterocycles. The van der Waals surface area contributed by atoms with Gasteiger partial charge in [0.05, 0.1) is 11.6 Å². The van der Waals surface area contributed by atoms with Crippen LogP contribution in [0.25, 0.3) is 10.9 Å². The maximum absolute atomic E-state index is 6.29. The molecule has 0 saturated heterocycles. The van der Waals surface area contributed by atoms with Crippen LogP contribution in [-0.2, 0) is 6.54 Å². The van der Waals surface area contributed by atoms with E-state index >= 15 is 0 Å². The number of aromatic amines is 1. The highest BCUT2D eigenvalue weighted by atomic mass is 35.5. The van der Waals surface area contributed by atoms with Crippen molar-refractivity contribution in [1.29, 1.82) is 0 Å². The molecule has 6 heteroatoms. The predicted molar refractivity (Wildman–Crippen MR) is 98.3 cm³/mol. The zero-order valence-corrected chi connectivity index (χ0v) is 14.1. The first-order chi connectivity index (χ1) is 12.3. The number of nitrogens with one attached hydrogen (secondary N) is 2. The van der Waals surface area contributed by atoms with Gasteiger partial charge in [-0.2, -0.15) is 5.10 Å². The molecule has 5 nitrogen and oxygen atoms in total. The molecule has 25 heavy (non-hydrogen) atoms. The van der Waals surface area contributed by atoms with Gasteiger partial charge in [0.15, 0.2) is 0 Å². The van der Waals surface area contributed by atoms with Crippen LogP contribution in [0.1, 0.15) is 23.0 Å². The number of H-pyrrole nitrogens is 1. The van der Waals surface area contributed by atoms with Crippen LogP contribution >= 0.6 is 11.6 Å². The SMILES string of the molecule is Clc1ccc(CNC(c2ccccc2)c2ncn[nH]2)c2ncccc12. The van der Waals surface area contributed by atoms with Gasteiger partial charge < -0.3 is 0 Å². The Morgan fingerprint density at radius 3 is 2.68 bits per heavy atom. The van der Waals surface area contributed by atoms with E-state index in [1.54, 1.807) is 6.20 Å². The van der Waals surface area contributed by atoms with Gasteiger partial charge in [-0.15, -0.1) is 0 Å². The van der Waals surface area contributed by atoms with Crippen molar-refractivity contribution in [3.05, 3.63) is 89.1 Å². The fraction of sp³-hybridized carbons (Fsp3) is 0.105. The van der Waals surface area contributed by atoms with Crippen LogP contribution in [0.3, 0.4) is 0 Å². The highest BCUT2D eigenvalue weighted by Crippen LogP contribution is 2.26. The molecule has 0 amide bonds. The van der Waals surface area contributed by atoms with Crippen molar-refractivity contribution < 1.29 is 0 Å². The molecule has 124 valence electrons. The second kappa shape index (κ2) is 7.01. The quantitative estimate of drug-likeness (QED) is 0.573. The monoisotopic (exact) mass is 349 g/mol. The van der Waals surface area contributed by atoms with Gasteiger partial charge in [-0.1, -0.05) is 48.0 Å². The molecule has 2 aromatic heterocycles. The van der Waals surface area contributed by atoms with Crippen LogP contribution in [0, 0.1) is 0 Å². The normalized spacial score (nSPS) is 12.4. The van der Waals surface area contributed by atoms with Crippen molar-refractivity contribution in [2.45, 2.75) is 12.6 Å². The number of hydrogen-bond acceptors (Lipinski definition) is 4. The third-order valence-corrected chi connectivity index (χ3v) is 4.47. The molecule has 0 radical (unpaired) electrons. The summed E-state index contributed by atoms with van der Waals surface area (Å²) in [6.45, 7) is 0.630. The fourth-order valence-electron chi connectivity index (χ4n) is 2.92. The molecule has 1 atom stereocenters. The number of nitrogens with zero attached hydrogens (tertiary/aromatic N) is 3. The molecule has 2 aromatic carbocycles. The number of pyridine rings is 1. The van der Waals surface area contributed by atoms with Crippen molar-refractivity contribution in [2.24, 2.45) is 0 Å². The largest absolute Gasteiger partial charge is 0.299 e. The van der Waals surface area contributed by atoms with Crippen LogP contribution in [0.5, 0.6) is 0 Å². The van der Waals surface area contributed by atoms with Crippen molar-refractivity contribution >= 4 is 22.5 Å². The van der Waals surface area contributed by atoms with Crippen molar-refractivity contribution in [3.8, 4) is 0 Å². The van der Waals surface area contributed by atoms with E-state index in [-0.39, 0.29) is 6.04 Å². The van der Waals surface area contributed by atoms with Crippen LogP contribution in [0.2, 0.25) is 5.02 Å². The van der Waals surface area contributed by atoms with Gasteiger partial charge in [0.2, 0.25) is 0 Å². The number of rotatable bonds is 5. The summed E-state index contributed by atoms with van der Waals surface area (Å²) < 4.78 is 0. The summed E-state index contributed by atoms with van der Waals surface area (Å²) in [5.41, 5.74) is 3.11. The Morgan fingerprint density at radius 1 is 1.00 bits per heavy atom. The lowest BCUT2D eigenvalue weighted by molar-refractivity contribution is 0.579. The Bertz CT molecular complexity index is 970. The van der Waals surface area contributed by atoms with Crippen LogP contribution in [0.15, 0.2) is 67.1 Å². The molecule has 0 saturated carbocycles. The van der Waals surface area contributed by atoms with E-state index in [9.17, 15) is 0 Å². The Morgan fingerprint density at radius 2 is 1.88 bits per heavy atom. The van der Waals surface area contributed by atoms with E-state index in [1.165, 1.54) is 6.33 Å². The van der Waals surface area contributed by atoms with Crippen molar-refractivity contribution in [3.63, 3.8) is 0 Å². The molecule has 4 aromatic rings. The molecule has 0 bridgehead atoms. The molecule has 4 rings (SSSR count). The van der Waals surface area contributed by atoms with Gasteiger partial charge >= 0.3 is 0 Å². The second-order valence-electron chi connectivity index (χ2n) is 5.70. The lowest BCUT2D eigenvalue weighted by Crippen LogP contribution is -2.23. The molecule has 2 N–H and O–H groups in total. The lowest BCUT2D eigenvalue weighted by atomic mass is 10.0. The van der Waals surface area contributed by atoms with Gasteiger partial charge in [-0.25, -0.2) is 4.98 Å². The first-order valence-electron chi connectivity index (χ1n) is 7.98. The summed E-state index contributed by atoms with van der Waals surface area (Å²) in [6, 6.07) is 17.9. The number of halogens is 1.